The first-order valence-corrected chi connectivity index (χ1v) is 5.64. The Labute approximate surface area is 85.3 Å². The van der Waals surface area contributed by atoms with Crippen molar-refractivity contribution in [3.63, 3.8) is 0 Å². The summed E-state index contributed by atoms with van der Waals surface area (Å²) in [5, 5.41) is 0. The van der Waals surface area contributed by atoms with E-state index in [1.54, 1.807) is 11.1 Å². The molecule has 0 radical (unpaired) electrons. The number of benzene rings is 1. The zero-order valence-corrected chi connectivity index (χ0v) is 8.50. The summed E-state index contributed by atoms with van der Waals surface area (Å²) in [5.41, 5.74) is 9.52. The summed E-state index contributed by atoms with van der Waals surface area (Å²) in [7, 11) is 0. The molecule has 14 heavy (non-hydrogen) atoms. The van der Waals surface area contributed by atoms with E-state index in [4.69, 9.17) is 5.73 Å². The lowest BCUT2D eigenvalue weighted by Gasteiger charge is -2.16. The maximum atomic E-state index is 6.18. The first-order chi connectivity index (χ1) is 6.77. The van der Waals surface area contributed by atoms with Crippen molar-refractivity contribution < 1.29 is 0 Å². The van der Waals surface area contributed by atoms with E-state index in [0.29, 0.717) is 0 Å². The Morgan fingerprint density at radius 2 is 2.07 bits per heavy atom. The van der Waals surface area contributed by atoms with E-state index in [-0.39, 0.29) is 5.54 Å². The van der Waals surface area contributed by atoms with Gasteiger partial charge in [-0.05, 0) is 49.1 Å². The maximum absolute atomic E-state index is 6.18. The zero-order chi connectivity index (χ0) is 9.60. The molecule has 2 aliphatic rings. The third-order valence-electron chi connectivity index (χ3n) is 3.80. The van der Waals surface area contributed by atoms with Gasteiger partial charge in [0.05, 0.1) is 0 Å². The summed E-state index contributed by atoms with van der Waals surface area (Å²) in [4.78, 5) is 0. The molecular formula is C13H17N. The van der Waals surface area contributed by atoms with Crippen molar-refractivity contribution in [2.24, 2.45) is 5.73 Å². The molecule has 0 saturated heterocycles. The van der Waals surface area contributed by atoms with Gasteiger partial charge in [0.15, 0.2) is 0 Å². The Bertz CT molecular complexity index is 352. The number of hydrogen-bond donors (Lipinski definition) is 1. The normalized spacial score (nSPS) is 27.4. The molecule has 1 unspecified atom stereocenters. The highest BCUT2D eigenvalue weighted by Gasteiger charge is 2.41. The largest absolute Gasteiger partial charge is 0.325 e. The Balaban J connectivity index is 1.83. The van der Waals surface area contributed by atoms with Crippen LogP contribution in [0, 0.1) is 0 Å². The number of aryl methyl sites for hydroxylation is 1. The topological polar surface area (TPSA) is 26.0 Å². The van der Waals surface area contributed by atoms with E-state index in [1.807, 2.05) is 0 Å². The van der Waals surface area contributed by atoms with E-state index >= 15 is 0 Å². The molecule has 2 N–H and O–H groups in total. The SMILES string of the molecule is NC1(CC2CCc3ccccc32)CC1. The lowest BCUT2D eigenvalue weighted by atomic mass is 9.93. The second-order valence-corrected chi connectivity index (χ2v) is 5.00. The standard InChI is InChI=1S/C13H17N/c14-13(7-8-13)9-11-6-5-10-3-1-2-4-12(10)11/h1-4,11H,5-9,14H2. The van der Waals surface area contributed by atoms with Crippen molar-refractivity contribution in [3.8, 4) is 0 Å². The second-order valence-electron chi connectivity index (χ2n) is 5.00. The van der Waals surface area contributed by atoms with Crippen molar-refractivity contribution in [3.05, 3.63) is 35.4 Å². The van der Waals surface area contributed by atoms with Crippen molar-refractivity contribution in [2.75, 3.05) is 0 Å². The first kappa shape index (κ1) is 8.49. The third kappa shape index (κ3) is 1.36. The fourth-order valence-electron chi connectivity index (χ4n) is 2.71. The molecule has 1 fully saturated rings. The molecule has 0 aliphatic heterocycles. The van der Waals surface area contributed by atoms with Crippen molar-refractivity contribution in [1.82, 2.24) is 0 Å². The summed E-state index contributed by atoms with van der Waals surface area (Å²) in [6, 6.07) is 8.87. The number of nitrogens with two attached hydrogens (primary N) is 1. The number of hydrogen-bond acceptors (Lipinski definition) is 1. The summed E-state index contributed by atoms with van der Waals surface area (Å²) in [6.07, 6.45) is 6.27. The second kappa shape index (κ2) is 2.83. The van der Waals surface area contributed by atoms with E-state index in [0.717, 1.165) is 5.92 Å². The molecule has 1 heteroatoms. The third-order valence-corrected chi connectivity index (χ3v) is 3.80. The van der Waals surface area contributed by atoms with Crippen molar-refractivity contribution in [1.29, 1.82) is 0 Å². The molecule has 0 amide bonds. The van der Waals surface area contributed by atoms with Crippen LogP contribution < -0.4 is 5.73 Å². The molecule has 1 saturated carbocycles. The smallest absolute Gasteiger partial charge is 0.0161 e. The number of rotatable bonds is 2. The van der Waals surface area contributed by atoms with Gasteiger partial charge in [-0.2, -0.15) is 0 Å². The Hall–Kier alpha value is -0.820. The highest BCUT2D eigenvalue weighted by molar-refractivity contribution is 5.35. The zero-order valence-electron chi connectivity index (χ0n) is 8.50. The average molecular weight is 187 g/mol. The molecule has 1 aromatic carbocycles. The van der Waals surface area contributed by atoms with Crippen LogP contribution in [0.1, 0.15) is 42.7 Å². The van der Waals surface area contributed by atoms with Crippen LogP contribution in [-0.2, 0) is 6.42 Å². The van der Waals surface area contributed by atoms with Gasteiger partial charge < -0.3 is 5.73 Å². The van der Waals surface area contributed by atoms with Crippen LogP contribution in [0.5, 0.6) is 0 Å². The van der Waals surface area contributed by atoms with Crippen LogP contribution in [0.3, 0.4) is 0 Å². The minimum atomic E-state index is 0.210. The van der Waals surface area contributed by atoms with Gasteiger partial charge in [-0.1, -0.05) is 24.3 Å². The first-order valence-electron chi connectivity index (χ1n) is 5.64. The maximum Gasteiger partial charge on any atom is 0.0161 e. The quantitative estimate of drug-likeness (QED) is 0.756. The monoisotopic (exact) mass is 187 g/mol. The summed E-state index contributed by atoms with van der Waals surface area (Å²) in [5.74, 6) is 0.749. The summed E-state index contributed by atoms with van der Waals surface area (Å²) < 4.78 is 0. The Morgan fingerprint density at radius 1 is 1.29 bits per heavy atom. The molecule has 2 aliphatic carbocycles. The molecular weight excluding hydrogens is 170 g/mol. The average Bonchev–Trinajstić information content (AvgIpc) is 2.77. The van der Waals surface area contributed by atoms with Gasteiger partial charge in [-0.3, -0.25) is 0 Å². The minimum absolute atomic E-state index is 0.210. The van der Waals surface area contributed by atoms with Crippen LogP contribution in [0.2, 0.25) is 0 Å². The predicted octanol–water partition coefficient (Wildman–Crippen LogP) is 2.60. The molecule has 1 nitrogen and oxygen atoms in total. The molecule has 0 bridgehead atoms. The fourth-order valence-corrected chi connectivity index (χ4v) is 2.71. The molecule has 1 atom stereocenters. The highest BCUT2D eigenvalue weighted by Crippen LogP contribution is 2.45. The fraction of sp³-hybridized carbons (Fsp3) is 0.538. The van der Waals surface area contributed by atoms with Gasteiger partial charge in [0.25, 0.3) is 0 Å². The lowest BCUT2D eigenvalue weighted by Crippen LogP contribution is -2.23. The molecule has 0 aromatic heterocycles. The van der Waals surface area contributed by atoms with Crippen LogP contribution in [0.15, 0.2) is 24.3 Å². The minimum Gasteiger partial charge on any atom is -0.325 e. The molecule has 0 spiro atoms. The van der Waals surface area contributed by atoms with E-state index < -0.39 is 0 Å². The van der Waals surface area contributed by atoms with Gasteiger partial charge in [0.2, 0.25) is 0 Å². The van der Waals surface area contributed by atoms with Crippen molar-refractivity contribution in [2.45, 2.75) is 43.6 Å². The number of fused-ring (bicyclic) bond motifs is 1. The van der Waals surface area contributed by atoms with Gasteiger partial charge in [-0.25, -0.2) is 0 Å². The van der Waals surface area contributed by atoms with Crippen LogP contribution in [0.25, 0.3) is 0 Å². The van der Waals surface area contributed by atoms with Gasteiger partial charge in [-0.15, -0.1) is 0 Å². The predicted molar refractivity (Wildman–Crippen MR) is 58.3 cm³/mol. The van der Waals surface area contributed by atoms with Gasteiger partial charge >= 0.3 is 0 Å². The van der Waals surface area contributed by atoms with E-state index in [9.17, 15) is 0 Å². The summed E-state index contributed by atoms with van der Waals surface area (Å²) >= 11 is 0. The molecule has 0 heterocycles. The lowest BCUT2D eigenvalue weighted by molar-refractivity contribution is 0.513. The molecule has 3 rings (SSSR count). The van der Waals surface area contributed by atoms with Crippen LogP contribution >= 0.6 is 0 Å². The van der Waals surface area contributed by atoms with Crippen molar-refractivity contribution >= 4 is 0 Å². The highest BCUT2D eigenvalue weighted by atomic mass is 14.8. The molecule has 74 valence electrons. The van der Waals surface area contributed by atoms with Gasteiger partial charge in [0, 0.05) is 5.54 Å². The van der Waals surface area contributed by atoms with Gasteiger partial charge in [0.1, 0.15) is 0 Å². The van der Waals surface area contributed by atoms with E-state index in [2.05, 4.69) is 24.3 Å². The molecule has 1 aromatic rings. The Kier molecular flexibility index (Phi) is 1.72. The van der Waals surface area contributed by atoms with E-state index in [1.165, 1.54) is 32.1 Å². The summed E-state index contributed by atoms with van der Waals surface area (Å²) in [6.45, 7) is 0. The Morgan fingerprint density at radius 3 is 2.86 bits per heavy atom. The van der Waals surface area contributed by atoms with Crippen LogP contribution in [-0.4, -0.2) is 5.54 Å². The van der Waals surface area contributed by atoms with Crippen LogP contribution in [0.4, 0.5) is 0 Å².